The first-order valence-electron chi connectivity index (χ1n) is 7.86. The fraction of sp³-hybridized carbons (Fsp3) is 0.533. The molecule has 1 heterocycles. The number of carbonyl (C=O) groups is 1. The minimum Gasteiger partial charge on any atom is -0.495 e. The van der Waals surface area contributed by atoms with Gasteiger partial charge in [0, 0.05) is 20.6 Å². The number of hydrogen-bond donors (Lipinski definition) is 1. The maximum absolute atomic E-state index is 12.6. The molecule has 1 atom stereocenters. The molecule has 0 saturated carbocycles. The number of hydrogen-bond acceptors (Lipinski definition) is 6. The summed E-state index contributed by atoms with van der Waals surface area (Å²) < 4.78 is 55.6. The zero-order valence-corrected chi connectivity index (χ0v) is 16.7. The van der Waals surface area contributed by atoms with E-state index in [-0.39, 0.29) is 22.9 Å². The number of rotatable bonds is 6. The predicted molar refractivity (Wildman–Crippen MR) is 97.1 cm³/mol. The van der Waals surface area contributed by atoms with E-state index in [0.29, 0.717) is 12.8 Å². The Morgan fingerprint density at radius 2 is 1.92 bits per heavy atom. The van der Waals surface area contributed by atoms with Gasteiger partial charge in [-0.15, -0.1) is 0 Å². The second-order valence-electron chi connectivity index (χ2n) is 6.17. The molecule has 1 N–H and O–H groups in total. The molecule has 0 radical (unpaired) electrons. The van der Waals surface area contributed by atoms with Crippen LogP contribution in [0.5, 0.6) is 5.75 Å². The molecular formula is C15H23N3O6S2. The molecule has 26 heavy (non-hydrogen) atoms. The minimum absolute atomic E-state index is 0.00927. The van der Waals surface area contributed by atoms with Crippen LogP contribution in [-0.2, 0) is 24.8 Å². The van der Waals surface area contributed by atoms with Crippen LogP contribution in [0.3, 0.4) is 0 Å². The van der Waals surface area contributed by atoms with Crippen LogP contribution < -0.4 is 10.1 Å². The molecule has 1 fully saturated rings. The average Bonchev–Trinajstić information content (AvgIpc) is 3.04. The first-order valence-corrected chi connectivity index (χ1v) is 11.2. The van der Waals surface area contributed by atoms with Gasteiger partial charge in [0.1, 0.15) is 11.8 Å². The summed E-state index contributed by atoms with van der Waals surface area (Å²) in [5, 5.41) is 2.60. The number of nitrogens with zero attached hydrogens (tertiary/aromatic N) is 2. The Bertz CT molecular complexity index is 896. The summed E-state index contributed by atoms with van der Waals surface area (Å²) in [5.41, 5.74) is 0.167. The molecule has 0 aliphatic carbocycles. The standard InChI is InChI=1S/C15H23N3O6S2/c1-17(2)26(22,23)11-7-8-14(24-3)12(10-11)16-15(19)13-6-5-9-18(13)25(4,20)21/h7-8,10,13H,5-6,9H2,1-4H3,(H,16,19)/t13-/m0/s1. The third kappa shape index (κ3) is 4.17. The van der Waals surface area contributed by atoms with Crippen molar-refractivity contribution >= 4 is 31.6 Å². The van der Waals surface area contributed by atoms with Crippen LogP contribution in [0.25, 0.3) is 0 Å². The first kappa shape index (κ1) is 20.6. The van der Waals surface area contributed by atoms with Crippen LogP contribution in [0.15, 0.2) is 23.1 Å². The Kier molecular flexibility index (Phi) is 5.95. The number of ether oxygens (including phenoxy) is 1. The smallest absolute Gasteiger partial charge is 0.242 e. The van der Waals surface area contributed by atoms with Crippen LogP contribution in [0.2, 0.25) is 0 Å². The fourth-order valence-corrected chi connectivity index (χ4v) is 4.82. The Morgan fingerprint density at radius 3 is 2.46 bits per heavy atom. The number of sulfonamides is 2. The predicted octanol–water partition coefficient (Wildman–Crippen LogP) is 0.308. The van der Waals surface area contributed by atoms with E-state index >= 15 is 0 Å². The monoisotopic (exact) mass is 405 g/mol. The van der Waals surface area contributed by atoms with Crippen molar-refractivity contribution < 1.29 is 26.4 Å². The SMILES string of the molecule is COc1ccc(S(=O)(=O)N(C)C)cc1NC(=O)[C@@H]1CCCN1S(C)(=O)=O. The molecule has 1 aromatic carbocycles. The number of nitrogens with one attached hydrogen (secondary N) is 1. The van der Waals surface area contributed by atoms with Crippen molar-refractivity contribution in [2.75, 3.05) is 39.3 Å². The van der Waals surface area contributed by atoms with Crippen molar-refractivity contribution in [2.24, 2.45) is 0 Å². The Labute approximate surface area is 154 Å². The van der Waals surface area contributed by atoms with Crippen LogP contribution in [0.4, 0.5) is 5.69 Å². The minimum atomic E-state index is -3.69. The first-order chi connectivity index (χ1) is 12.0. The highest BCUT2D eigenvalue weighted by atomic mass is 32.2. The van der Waals surface area contributed by atoms with Crippen LogP contribution in [0.1, 0.15) is 12.8 Å². The lowest BCUT2D eigenvalue weighted by Gasteiger charge is -2.22. The van der Waals surface area contributed by atoms with Gasteiger partial charge in [0.15, 0.2) is 0 Å². The van der Waals surface area contributed by atoms with Crippen molar-refractivity contribution in [3.8, 4) is 5.75 Å². The molecule has 1 aromatic rings. The van der Waals surface area contributed by atoms with E-state index < -0.39 is 32.0 Å². The van der Waals surface area contributed by atoms with Crippen molar-refractivity contribution in [3.63, 3.8) is 0 Å². The van der Waals surface area contributed by atoms with Crippen molar-refractivity contribution in [3.05, 3.63) is 18.2 Å². The number of amides is 1. The normalized spacial score (nSPS) is 18.9. The largest absolute Gasteiger partial charge is 0.495 e. The van der Waals surface area contributed by atoms with Crippen molar-refractivity contribution in [1.29, 1.82) is 0 Å². The Morgan fingerprint density at radius 1 is 1.27 bits per heavy atom. The summed E-state index contributed by atoms with van der Waals surface area (Å²) in [4.78, 5) is 12.6. The van der Waals surface area contributed by atoms with Crippen LogP contribution in [0, 0.1) is 0 Å². The van der Waals surface area contributed by atoms with Crippen LogP contribution in [-0.4, -0.2) is 71.4 Å². The molecule has 1 amide bonds. The third-order valence-corrected chi connectivity index (χ3v) is 7.24. The van der Waals surface area contributed by atoms with Gasteiger partial charge < -0.3 is 10.1 Å². The lowest BCUT2D eigenvalue weighted by molar-refractivity contribution is -0.119. The van der Waals surface area contributed by atoms with E-state index in [9.17, 15) is 21.6 Å². The summed E-state index contributed by atoms with van der Waals surface area (Å²) in [6, 6.07) is 3.28. The third-order valence-electron chi connectivity index (χ3n) is 4.14. The lowest BCUT2D eigenvalue weighted by atomic mass is 10.2. The van der Waals surface area contributed by atoms with Crippen LogP contribution >= 0.6 is 0 Å². The molecule has 1 saturated heterocycles. The maximum Gasteiger partial charge on any atom is 0.242 e. The molecule has 146 valence electrons. The molecule has 0 bridgehead atoms. The van der Waals surface area contributed by atoms with Gasteiger partial charge in [0.2, 0.25) is 26.0 Å². The molecule has 2 rings (SSSR count). The number of methoxy groups -OCH3 is 1. The van der Waals surface area contributed by atoms with Gasteiger partial charge in [0.05, 0.1) is 23.9 Å². The van der Waals surface area contributed by atoms with E-state index in [4.69, 9.17) is 4.74 Å². The van der Waals surface area contributed by atoms with Gasteiger partial charge >= 0.3 is 0 Å². The number of anilines is 1. The molecule has 0 aromatic heterocycles. The Balaban J connectivity index is 2.35. The molecule has 11 heteroatoms. The molecule has 0 spiro atoms. The van der Waals surface area contributed by atoms with E-state index in [1.807, 2.05) is 0 Å². The summed E-state index contributed by atoms with van der Waals surface area (Å²) in [6.07, 6.45) is 2.04. The topological polar surface area (TPSA) is 113 Å². The number of carbonyl (C=O) groups excluding carboxylic acids is 1. The van der Waals surface area contributed by atoms with Gasteiger partial charge in [-0.25, -0.2) is 21.1 Å². The lowest BCUT2D eigenvalue weighted by Crippen LogP contribution is -2.42. The van der Waals surface area contributed by atoms with Crippen molar-refractivity contribution in [1.82, 2.24) is 8.61 Å². The van der Waals surface area contributed by atoms with Crippen molar-refractivity contribution in [2.45, 2.75) is 23.8 Å². The summed E-state index contributed by atoms with van der Waals surface area (Å²) in [6.45, 7) is 0.281. The van der Waals surface area contributed by atoms with Gasteiger partial charge in [-0.05, 0) is 31.0 Å². The van der Waals surface area contributed by atoms with Gasteiger partial charge in [-0.2, -0.15) is 4.31 Å². The molecule has 1 aliphatic heterocycles. The average molecular weight is 405 g/mol. The van der Waals surface area contributed by atoms with E-state index in [0.717, 1.165) is 14.9 Å². The maximum atomic E-state index is 12.6. The van der Waals surface area contributed by atoms with Gasteiger partial charge in [-0.3, -0.25) is 4.79 Å². The summed E-state index contributed by atoms with van der Waals surface area (Å²) >= 11 is 0. The fourth-order valence-electron chi connectivity index (χ4n) is 2.77. The summed E-state index contributed by atoms with van der Waals surface area (Å²) in [7, 11) is -3.00. The highest BCUT2D eigenvalue weighted by Crippen LogP contribution is 2.30. The number of benzene rings is 1. The molecule has 1 aliphatic rings. The zero-order valence-electron chi connectivity index (χ0n) is 15.1. The molecule has 9 nitrogen and oxygen atoms in total. The summed E-state index contributed by atoms with van der Waals surface area (Å²) in [5.74, 6) is -0.245. The quantitative estimate of drug-likeness (QED) is 0.729. The Hall–Kier alpha value is -1.69. The zero-order chi connectivity index (χ0) is 19.7. The van der Waals surface area contributed by atoms with E-state index in [1.54, 1.807) is 0 Å². The molecular weight excluding hydrogens is 382 g/mol. The highest BCUT2D eigenvalue weighted by Gasteiger charge is 2.36. The van der Waals surface area contributed by atoms with Gasteiger partial charge in [0.25, 0.3) is 0 Å². The van der Waals surface area contributed by atoms with E-state index in [2.05, 4.69) is 5.32 Å². The van der Waals surface area contributed by atoms with E-state index in [1.165, 1.54) is 39.4 Å². The highest BCUT2D eigenvalue weighted by molar-refractivity contribution is 7.89. The second kappa shape index (κ2) is 7.51. The van der Waals surface area contributed by atoms with Gasteiger partial charge in [-0.1, -0.05) is 0 Å². The second-order valence-corrected chi connectivity index (χ2v) is 10.3. The molecule has 0 unspecified atom stereocenters.